The summed E-state index contributed by atoms with van der Waals surface area (Å²) in [7, 11) is 5.34. The zero-order chi connectivity index (χ0) is 25.9. The first-order valence-electron chi connectivity index (χ1n) is 11.3. The largest absolute Gasteiger partial charge is 0.278 e. The highest BCUT2D eigenvalue weighted by molar-refractivity contribution is 8.14. The first-order valence-corrected chi connectivity index (χ1v) is 12.3. The molecule has 0 saturated carbocycles. The standard InChI is InChI=1S/C13H16N4S.C12H15N5O/c1-4-18-13(12-9-17(3)16-10(12)2)15-11-6-5-7-14-8-11;1-9-11(8-17(2)15-9)12(16-18-3)14-10-5-4-6-13-7-10/h5-9H,4H2,1-3H3;4-8H,1-3H3,(H,14,16). The summed E-state index contributed by atoms with van der Waals surface area (Å²) in [6.07, 6.45) is 10.8. The van der Waals surface area contributed by atoms with Crippen molar-refractivity contribution in [3.8, 4) is 0 Å². The van der Waals surface area contributed by atoms with Gasteiger partial charge in [-0.05, 0) is 43.9 Å². The van der Waals surface area contributed by atoms with Gasteiger partial charge in [0.15, 0.2) is 5.84 Å². The van der Waals surface area contributed by atoms with Crippen molar-refractivity contribution in [1.82, 2.24) is 35.0 Å². The molecule has 0 fully saturated rings. The van der Waals surface area contributed by atoms with Gasteiger partial charge in [-0.3, -0.25) is 24.2 Å². The molecule has 4 heterocycles. The van der Waals surface area contributed by atoms with Crippen LogP contribution in [-0.4, -0.2) is 53.3 Å². The fraction of sp³-hybridized carbons (Fsp3) is 0.280. The molecular formula is C25H31N9OS. The lowest BCUT2D eigenvalue weighted by molar-refractivity contribution is 0.145. The summed E-state index contributed by atoms with van der Waals surface area (Å²) in [5, 5.41) is 9.64. The van der Waals surface area contributed by atoms with E-state index in [0.717, 1.165) is 44.7 Å². The van der Waals surface area contributed by atoms with Gasteiger partial charge >= 0.3 is 0 Å². The van der Waals surface area contributed by atoms with Crippen LogP contribution in [0.15, 0.2) is 71.4 Å². The molecule has 10 nitrogen and oxygen atoms in total. The maximum atomic E-state index is 4.96. The van der Waals surface area contributed by atoms with Crippen LogP contribution in [0.25, 0.3) is 0 Å². The van der Waals surface area contributed by atoms with Crippen molar-refractivity contribution in [1.29, 1.82) is 0 Å². The Balaban J connectivity index is 0.000000201. The van der Waals surface area contributed by atoms with Crippen LogP contribution in [0.1, 0.15) is 29.4 Å². The predicted octanol–water partition coefficient (Wildman–Crippen LogP) is 4.31. The third kappa shape index (κ3) is 7.59. The number of nitrogens with zero attached hydrogens (tertiary/aromatic N) is 8. The first-order chi connectivity index (χ1) is 17.4. The average Bonchev–Trinajstić information content (AvgIpc) is 3.39. The van der Waals surface area contributed by atoms with Crippen molar-refractivity contribution in [3.63, 3.8) is 0 Å². The molecule has 0 amide bonds. The third-order valence-electron chi connectivity index (χ3n) is 4.76. The number of nitrogens with one attached hydrogen (secondary N) is 1. The normalized spacial score (nSPS) is 11.7. The van der Waals surface area contributed by atoms with E-state index in [1.807, 2.05) is 69.3 Å². The first kappa shape index (κ1) is 26.8. The molecule has 4 rings (SSSR count). The Morgan fingerprint density at radius 1 is 0.917 bits per heavy atom. The summed E-state index contributed by atoms with van der Waals surface area (Å²) in [4.78, 5) is 22.2. The van der Waals surface area contributed by atoms with Gasteiger partial charge in [-0.1, -0.05) is 6.92 Å². The fourth-order valence-corrected chi connectivity index (χ4v) is 4.07. The zero-order valence-electron chi connectivity index (χ0n) is 21.4. The highest BCUT2D eigenvalue weighted by Gasteiger charge is 2.12. The van der Waals surface area contributed by atoms with Crippen LogP contribution in [0.2, 0.25) is 0 Å². The Morgan fingerprint density at radius 3 is 1.92 bits per heavy atom. The van der Waals surface area contributed by atoms with Crippen LogP contribution < -0.4 is 5.48 Å². The molecule has 0 spiro atoms. The van der Waals surface area contributed by atoms with Gasteiger partial charge in [0, 0.05) is 44.4 Å². The topological polar surface area (TPSA) is 107 Å². The van der Waals surface area contributed by atoms with Crippen molar-refractivity contribution in [2.75, 3.05) is 12.9 Å². The number of hydrogen-bond acceptors (Lipinski definition) is 8. The minimum atomic E-state index is 0.608. The van der Waals surface area contributed by atoms with Crippen LogP contribution >= 0.6 is 11.8 Å². The molecule has 0 aliphatic carbocycles. The lowest BCUT2D eigenvalue weighted by atomic mass is 10.2. The van der Waals surface area contributed by atoms with E-state index in [0.29, 0.717) is 5.84 Å². The Hall–Kier alpha value is -3.83. The number of aryl methyl sites for hydroxylation is 4. The number of hydrogen-bond donors (Lipinski definition) is 1. The predicted molar refractivity (Wildman–Crippen MR) is 145 cm³/mol. The smallest absolute Gasteiger partial charge is 0.161 e. The molecule has 0 atom stereocenters. The molecule has 4 aromatic heterocycles. The zero-order valence-corrected chi connectivity index (χ0v) is 22.2. The third-order valence-corrected chi connectivity index (χ3v) is 5.63. The van der Waals surface area contributed by atoms with E-state index in [4.69, 9.17) is 4.84 Å². The molecule has 0 unspecified atom stereocenters. The van der Waals surface area contributed by atoms with Crippen LogP contribution in [0.3, 0.4) is 0 Å². The highest BCUT2D eigenvalue weighted by atomic mass is 32.2. The highest BCUT2D eigenvalue weighted by Crippen LogP contribution is 2.21. The molecule has 0 aliphatic rings. The van der Waals surface area contributed by atoms with Gasteiger partial charge in [0.25, 0.3) is 0 Å². The molecule has 0 bridgehead atoms. The second kappa shape index (κ2) is 13.3. The lowest BCUT2D eigenvalue weighted by Crippen LogP contribution is -2.23. The van der Waals surface area contributed by atoms with E-state index in [9.17, 15) is 0 Å². The number of hydroxylamine groups is 1. The maximum absolute atomic E-state index is 4.96. The van der Waals surface area contributed by atoms with Crippen molar-refractivity contribution < 1.29 is 4.84 Å². The molecule has 0 saturated heterocycles. The molecule has 0 radical (unpaired) electrons. The average molecular weight is 506 g/mol. The Kier molecular flexibility index (Phi) is 9.90. The summed E-state index contributed by atoms with van der Waals surface area (Å²) >= 11 is 1.72. The minimum Gasteiger partial charge on any atom is -0.278 e. The quantitative estimate of drug-likeness (QED) is 0.236. The monoisotopic (exact) mass is 505 g/mol. The summed E-state index contributed by atoms with van der Waals surface area (Å²) in [5.74, 6) is 1.59. The molecule has 11 heteroatoms. The summed E-state index contributed by atoms with van der Waals surface area (Å²) in [6, 6.07) is 7.55. The van der Waals surface area contributed by atoms with Crippen molar-refractivity contribution in [2.45, 2.75) is 20.8 Å². The number of thioether (sulfide) groups is 1. The Morgan fingerprint density at radius 2 is 1.47 bits per heavy atom. The second-order valence-electron chi connectivity index (χ2n) is 7.64. The van der Waals surface area contributed by atoms with E-state index in [2.05, 4.69) is 42.6 Å². The number of pyridine rings is 2. The number of aliphatic imine (C=N–C) groups is 2. The number of amidine groups is 1. The van der Waals surface area contributed by atoms with Crippen molar-refractivity contribution in [2.24, 2.45) is 24.1 Å². The molecule has 4 aromatic rings. The van der Waals surface area contributed by atoms with Crippen LogP contribution in [-0.2, 0) is 18.9 Å². The van der Waals surface area contributed by atoms with Gasteiger partial charge < -0.3 is 0 Å². The SMILES string of the molecule is CCSC(=Nc1cccnc1)c1cn(C)nc1C.CONC(=Nc1cccnc1)c1cn(C)nc1C. The summed E-state index contributed by atoms with van der Waals surface area (Å²) in [6.45, 7) is 6.05. The van der Waals surface area contributed by atoms with E-state index < -0.39 is 0 Å². The van der Waals surface area contributed by atoms with Crippen LogP contribution in [0.4, 0.5) is 11.4 Å². The molecule has 0 aliphatic heterocycles. The van der Waals surface area contributed by atoms with Gasteiger partial charge in [0.2, 0.25) is 0 Å². The van der Waals surface area contributed by atoms with E-state index in [1.165, 1.54) is 0 Å². The molecule has 36 heavy (non-hydrogen) atoms. The van der Waals surface area contributed by atoms with Crippen molar-refractivity contribution >= 4 is 34.0 Å². The van der Waals surface area contributed by atoms with Gasteiger partial charge in [-0.15, -0.1) is 11.8 Å². The van der Waals surface area contributed by atoms with Gasteiger partial charge in [0.05, 0.1) is 47.8 Å². The van der Waals surface area contributed by atoms with Gasteiger partial charge in [-0.2, -0.15) is 10.2 Å². The molecule has 188 valence electrons. The molecule has 0 aromatic carbocycles. The van der Waals surface area contributed by atoms with Gasteiger partial charge in [-0.25, -0.2) is 15.5 Å². The van der Waals surface area contributed by atoms with Crippen LogP contribution in [0.5, 0.6) is 0 Å². The fourth-order valence-electron chi connectivity index (χ4n) is 3.27. The molecular weight excluding hydrogens is 474 g/mol. The second-order valence-corrected chi connectivity index (χ2v) is 8.90. The number of aromatic nitrogens is 6. The van der Waals surface area contributed by atoms with E-state index in [1.54, 1.807) is 48.3 Å². The molecule has 1 N–H and O–H groups in total. The van der Waals surface area contributed by atoms with Gasteiger partial charge in [0.1, 0.15) is 5.04 Å². The van der Waals surface area contributed by atoms with Crippen LogP contribution in [0, 0.1) is 13.8 Å². The Labute approximate surface area is 215 Å². The minimum absolute atomic E-state index is 0.608. The maximum Gasteiger partial charge on any atom is 0.161 e. The summed E-state index contributed by atoms with van der Waals surface area (Å²) in [5.41, 5.74) is 8.26. The lowest BCUT2D eigenvalue weighted by Gasteiger charge is -2.06. The van der Waals surface area contributed by atoms with Crippen molar-refractivity contribution in [3.05, 3.63) is 84.0 Å². The van der Waals surface area contributed by atoms with E-state index >= 15 is 0 Å². The van der Waals surface area contributed by atoms with E-state index in [-0.39, 0.29) is 0 Å². The summed E-state index contributed by atoms with van der Waals surface area (Å²) < 4.78 is 3.56. The Bertz CT molecular complexity index is 1200. The number of rotatable bonds is 6.